The van der Waals surface area contributed by atoms with E-state index in [9.17, 15) is 14.0 Å². The van der Waals surface area contributed by atoms with E-state index in [1.807, 2.05) is 30.3 Å². The third-order valence-corrected chi connectivity index (χ3v) is 4.95. The molecule has 0 unspecified atom stereocenters. The summed E-state index contributed by atoms with van der Waals surface area (Å²) in [5.41, 5.74) is 2.08. The molecule has 0 aliphatic carbocycles. The average Bonchev–Trinajstić information content (AvgIpc) is 3.14. The lowest BCUT2D eigenvalue weighted by atomic mass is 10.1. The molecule has 0 saturated carbocycles. The molecule has 29 heavy (non-hydrogen) atoms. The molecule has 1 aliphatic rings. The van der Waals surface area contributed by atoms with Crippen molar-refractivity contribution in [1.29, 1.82) is 0 Å². The van der Waals surface area contributed by atoms with Crippen LogP contribution in [0.3, 0.4) is 0 Å². The van der Waals surface area contributed by atoms with Crippen molar-refractivity contribution in [2.75, 3.05) is 5.32 Å². The molecular formula is C22H21FN4O2. The number of hydrogen-bond acceptors (Lipinski definition) is 3. The smallest absolute Gasteiger partial charge is 0.291 e. The molecule has 0 fully saturated rings. The van der Waals surface area contributed by atoms with Crippen molar-refractivity contribution in [2.24, 2.45) is 0 Å². The number of carbonyl (C=O) groups is 2. The molecule has 2 N–H and O–H groups in total. The van der Waals surface area contributed by atoms with Gasteiger partial charge in [0.1, 0.15) is 11.5 Å². The van der Waals surface area contributed by atoms with Crippen LogP contribution >= 0.6 is 0 Å². The summed E-state index contributed by atoms with van der Waals surface area (Å²) in [6.07, 6.45) is 2.50. The first-order chi connectivity index (χ1) is 14.1. The quantitative estimate of drug-likeness (QED) is 0.697. The van der Waals surface area contributed by atoms with Gasteiger partial charge in [0.15, 0.2) is 5.82 Å². The van der Waals surface area contributed by atoms with Crippen molar-refractivity contribution in [3.8, 4) is 0 Å². The Morgan fingerprint density at radius 3 is 2.55 bits per heavy atom. The summed E-state index contributed by atoms with van der Waals surface area (Å²) >= 11 is 0. The number of rotatable bonds is 5. The number of hydrogen-bond donors (Lipinski definition) is 2. The molecule has 3 aromatic rings. The Labute approximate surface area is 167 Å². The van der Waals surface area contributed by atoms with Crippen LogP contribution in [-0.4, -0.2) is 21.4 Å². The summed E-state index contributed by atoms with van der Waals surface area (Å²) in [6.45, 7) is 0.983. The molecule has 1 aromatic heterocycles. The Kier molecular flexibility index (Phi) is 5.37. The molecule has 0 bridgehead atoms. The molecule has 7 heteroatoms. The van der Waals surface area contributed by atoms with Crippen LogP contribution in [-0.2, 0) is 19.5 Å². The van der Waals surface area contributed by atoms with Crippen molar-refractivity contribution >= 4 is 17.5 Å². The minimum absolute atomic E-state index is 0.0840. The number of aromatic nitrogens is 2. The van der Waals surface area contributed by atoms with Gasteiger partial charge in [-0.1, -0.05) is 42.5 Å². The maximum absolute atomic E-state index is 13.9. The third-order valence-electron chi connectivity index (χ3n) is 4.95. The van der Waals surface area contributed by atoms with Gasteiger partial charge in [-0.25, -0.2) is 9.37 Å². The number of fused-ring (bicyclic) bond motifs is 1. The molecule has 0 radical (unpaired) electrons. The van der Waals surface area contributed by atoms with Crippen LogP contribution < -0.4 is 10.6 Å². The highest BCUT2D eigenvalue weighted by molar-refractivity contribution is 6.03. The standard InChI is InChI=1S/C22H21FN4O2/c23-16-10-4-5-11-17(16)25-22(29)20-26-19(18-12-6-7-13-27(18)20)21(28)24-14-15-8-2-1-3-9-15/h1-5,8-11H,6-7,12-14H2,(H,24,28)(H,25,29). The van der Waals surface area contributed by atoms with E-state index in [0.29, 0.717) is 19.5 Å². The monoisotopic (exact) mass is 392 g/mol. The molecule has 0 atom stereocenters. The number of anilines is 1. The Morgan fingerprint density at radius 2 is 1.76 bits per heavy atom. The van der Waals surface area contributed by atoms with Crippen LogP contribution in [0.4, 0.5) is 10.1 Å². The number of nitrogens with zero attached hydrogens (tertiary/aromatic N) is 2. The first-order valence-electron chi connectivity index (χ1n) is 9.61. The van der Waals surface area contributed by atoms with E-state index in [1.54, 1.807) is 16.7 Å². The summed E-state index contributed by atoms with van der Waals surface area (Å²) in [5, 5.41) is 5.43. The van der Waals surface area contributed by atoms with Crippen molar-refractivity contribution in [3.05, 3.63) is 83.2 Å². The second-order valence-electron chi connectivity index (χ2n) is 6.94. The Bertz CT molecular complexity index is 1050. The number of benzene rings is 2. The molecular weight excluding hydrogens is 371 g/mol. The Balaban J connectivity index is 1.57. The zero-order valence-electron chi connectivity index (χ0n) is 15.8. The number of para-hydroxylation sites is 1. The average molecular weight is 392 g/mol. The van der Waals surface area contributed by atoms with E-state index < -0.39 is 11.7 Å². The first kappa shape index (κ1) is 18.9. The molecule has 1 aliphatic heterocycles. The highest BCUT2D eigenvalue weighted by Crippen LogP contribution is 2.22. The lowest BCUT2D eigenvalue weighted by molar-refractivity contribution is 0.0945. The van der Waals surface area contributed by atoms with E-state index in [1.165, 1.54) is 12.1 Å². The van der Waals surface area contributed by atoms with Crippen molar-refractivity contribution in [3.63, 3.8) is 0 Å². The van der Waals surface area contributed by atoms with Gasteiger partial charge in [0.05, 0.1) is 11.4 Å². The minimum Gasteiger partial charge on any atom is -0.347 e. The molecule has 4 rings (SSSR count). The van der Waals surface area contributed by atoms with Crippen LogP contribution in [0.25, 0.3) is 0 Å². The van der Waals surface area contributed by atoms with E-state index in [4.69, 9.17) is 0 Å². The SMILES string of the molecule is O=C(NCc1ccccc1)c1nc(C(=O)Nc2ccccc2F)n2c1CCCC2. The Morgan fingerprint density at radius 1 is 1.00 bits per heavy atom. The van der Waals surface area contributed by atoms with Gasteiger partial charge in [-0.15, -0.1) is 0 Å². The van der Waals surface area contributed by atoms with Crippen LogP contribution in [0.15, 0.2) is 54.6 Å². The van der Waals surface area contributed by atoms with Crippen LogP contribution in [0.2, 0.25) is 0 Å². The zero-order valence-corrected chi connectivity index (χ0v) is 15.8. The molecule has 2 aromatic carbocycles. The molecule has 148 valence electrons. The molecule has 2 heterocycles. The maximum atomic E-state index is 13.9. The van der Waals surface area contributed by atoms with Gasteiger partial charge in [0, 0.05) is 13.1 Å². The van der Waals surface area contributed by atoms with Gasteiger partial charge >= 0.3 is 0 Å². The first-order valence-corrected chi connectivity index (χ1v) is 9.61. The summed E-state index contributed by atoms with van der Waals surface area (Å²) < 4.78 is 15.7. The summed E-state index contributed by atoms with van der Waals surface area (Å²) in [7, 11) is 0. The van der Waals surface area contributed by atoms with E-state index in [-0.39, 0.29) is 23.1 Å². The fraction of sp³-hybridized carbons (Fsp3) is 0.227. The van der Waals surface area contributed by atoms with E-state index in [0.717, 1.165) is 24.1 Å². The summed E-state index contributed by atoms with van der Waals surface area (Å²) in [5.74, 6) is -1.23. The van der Waals surface area contributed by atoms with E-state index >= 15 is 0 Å². The van der Waals surface area contributed by atoms with Crippen molar-refractivity contribution in [1.82, 2.24) is 14.9 Å². The summed E-state index contributed by atoms with van der Waals surface area (Å²) in [6, 6.07) is 15.5. The highest BCUT2D eigenvalue weighted by atomic mass is 19.1. The normalized spacial score (nSPS) is 12.9. The molecule has 6 nitrogen and oxygen atoms in total. The fourth-order valence-electron chi connectivity index (χ4n) is 3.50. The van der Waals surface area contributed by atoms with Gasteiger partial charge in [-0.2, -0.15) is 0 Å². The lowest BCUT2D eigenvalue weighted by Gasteiger charge is -2.17. The van der Waals surface area contributed by atoms with Crippen LogP contribution in [0.1, 0.15) is 45.2 Å². The number of halogens is 1. The van der Waals surface area contributed by atoms with E-state index in [2.05, 4.69) is 15.6 Å². The predicted molar refractivity (Wildman–Crippen MR) is 107 cm³/mol. The Hall–Kier alpha value is -3.48. The fourth-order valence-corrected chi connectivity index (χ4v) is 3.50. The number of imidazole rings is 1. The maximum Gasteiger partial charge on any atom is 0.291 e. The summed E-state index contributed by atoms with van der Waals surface area (Å²) in [4.78, 5) is 29.9. The number of nitrogens with one attached hydrogen (secondary N) is 2. The molecule has 0 spiro atoms. The topological polar surface area (TPSA) is 76.0 Å². The number of amides is 2. The zero-order chi connectivity index (χ0) is 20.2. The lowest BCUT2D eigenvalue weighted by Crippen LogP contribution is -2.25. The largest absolute Gasteiger partial charge is 0.347 e. The highest BCUT2D eigenvalue weighted by Gasteiger charge is 2.27. The molecule has 0 saturated heterocycles. The second kappa shape index (κ2) is 8.26. The van der Waals surface area contributed by atoms with Gasteiger partial charge in [-0.05, 0) is 37.0 Å². The van der Waals surface area contributed by atoms with Crippen LogP contribution in [0.5, 0.6) is 0 Å². The second-order valence-corrected chi connectivity index (χ2v) is 6.94. The van der Waals surface area contributed by atoms with Crippen LogP contribution in [0, 0.1) is 5.82 Å². The predicted octanol–water partition coefficient (Wildman–Crippen LogP) is 3.54. The minimum atomic E-state index is -0.527. The molecule has 2 amide bonds. The van der Waals surface area contributed by atoms with Gasteiger partial charge in [0.2, 0.25) is 0 Å². The third kappa shape index (κ3) is 4.03. The van der Waals surface area contributed by atoms with Crippen molar-refractivity contribution in [2.45, 2.75) is 32.4 Å². The number of carbonyl (C=O) groups excluding carboxylic acids is 2. The van der Waals surface area contributed by atoms with Gasteiger partial charge < -0.3 is 15.2 Å². The van der Waals surface area contributed by atoms with Crippen molar-refractivity contribution < 1.29 is 14.0 Å². The van der Waals surface area contributed by atoms with Gasteiger partial charge in [0.25, 0.3) is 11.8 Å². The van der Waals surface area contributed by atoms with Gasteiger partial charge in [-0.3, -0.25) is 9.59 Å².